The molecule has 2 aromatic carbocycles. The molecule has 2 bridgehead atoms. The Kier molecular flexibility index (Phi) is 6.27. The van der Waals surface area contributed by atoms with E-state index in [0.717, 1.165) is 18.2 Å². The third kappa shape index (κ3) is 3.78. The number of hydrogen-bond acceptors (Lipinski definition) is 6. The van der Waals surface area contributed by atoms with E-state index in [4.69, 9.17) is 0 Å². The van der Waals surface area contributed by atoms with Gasteiger partial charge in [-0.1, -0.05) is 44.0 Å². The number of ketones is 1. The van der Waals surface area contributed by atoms with Crippen molar-refractivity contribution in [3.05, 3.63) is 75.6 Å². The van der Waals surface area contributed by atoms with Crippen molar-refractivity contribution in [2.75, 3.05) is 6.54 Å². The molecule has 0 spiro atoms. The number of nitro groups is 1. The number of nitro benzene ring substituents is 1. The summed E-state index contributed by atoms with van der Waals surface area (Å²) in [7, 11) is 0. The second-order valence-corrected chi connectivity index (χ2v) is 11.2. The van der Waals surface area contributed by atoms with Crippen molar-refractivity contribution < 1.29 is 28.5 Å². The molecule has 6 atom stereocenters. The monoisotopic (exact) mass is 621 g/mol. The fourth-order valence-electron chi connectivity index (χ4n) is 5.62. The maximum absolute atomic E-state index is 13.6. The van der Waals surface area contributed by atoms with E-state index >= 15 is 0 Å². The van der Waals surface area contributed by atoms with Crippen molar-refractivity contribution in [2.45, 2.75) is 16.1 Å². The minimum atomic E-state index is -1.03. The highest BCUT2D eigenvalue weighted by atomic mass is 79.9. The first-order valence-electron chi connectivity index (χ1n) is 11.1. The smallest absolute Gasteiger partial charge is 0.282 e. The highest BCUT2D eigenvalue weighted by molar-refractivity contribution is 9.12. The highest BCUT2D eigenvalue weighted by Gasteiger charge is 2.67. The van der Waals surface area contributed by atoms with Crippen LogP contribution in [0.5, 0.6) is 0 Å². The van der Waals surface area contributed by atoms with Crippen LogP contribution in [0.4, 0.5) is 10.1 Å². The van der Waals surface area contributed by atoms with Crippen molar-refractivity contribution in [3.63, 3.8) is 0 Å². The van der Waals surface area contributed by atoms with Crippen LogP contribution in [0.1, 0.15) is 27.1 Å². The standard InChI is InChI=1S/C24H18Br2FN3O6/c25-20-14-9-15(21(20)26)19-18(14)23(33)29(24(19)34)28(10-17(31)11-5-7-12(27)8-6-11)22(32)13-3-1-2-4-16(13)30(35)36/h1-8,14-15,18-21H,9-10H2/t14-,15-,18-,19-,20+,21+/m1/s1. The zero-order valence-electron chi connectivity index (χ0n) is 18.4. The molecule has 36 heavy (non-hydrogen) atoms. The van der Waals surface area contributed by atoms with Gasteiger partial charge >= 0.3 is 0 Å². The molecule has 3 aliphatic rings. The lowest BCUT2D eigenvalue weighted by Gasteiger charge is -2.30. The number of alkyl halides is 2. The Balaban J connectivity index is 1.55. The molecule has 3 amide bonds. The number of hydrogen-bond donors (Lipinski definition) is 0. The zero-order valence-corrected chi connectivity index (χ0v) is 21.6. The van der Waals surface area contributed by atoms with Gasteiger partial charge in [0.25, 0.3) is 23.4 Å². The number of rotatable bonds is 6. The number of amides is 3. The summed E-state index contributed by atoms with van der Waals surface area (Å²) in [6.07, 6.45) is 0.666. The van der Waals surface area contributed by atoms with E-state index in [1.165, 1.54) is 30.3 Å². The van der Waals surface area contributed by atoms with Crippen LogP contribution in [0.15, 0.2) is 48.5 Å². The van der Waals surface area contributed by atoms with Crippen LogP contribution < -0.4 is 0 Å². The van der Waals surface area contributed by atoms with Gasteiger partial charge in [0.05, 0.1) is 16.8 Å². The van der Waals surface area contributed by atoms with Crippen molar-refractivity contribution in [3.8, 4) is 0 Å². The minimum Gasteiger partial charge on any atom is -0.292 e. The first-order chi connectivity index (χ1) is 17.1. The van der Waals surface area contributed by atoms with E-state index in [-0.39, 0.29) is 32.6 Å². The molecule has 2 saturated carbocycles. The molecule has 2 aliphatic carbocycles. The lowest BCUT2D eigenvalue weighted by molar-refractivity contribution is -0.385. The number of carbonyl (C=O) groups excluding carboxylic acids is 4. The Labute approximate surface area is 221 Å². The number of benzene rings is 2. The van der Waals surface area contributed by atoms with E-state index in [9.17, 15) is 33.7 Å². The van der Waals surface area contributed by atoms with Crippen molar-refractivity contribution in [1.82, 2.24) is 10.0 Å². The Morgan fingerprint density at radius 1 is 1.00 bits per heavy atom. The van der Waals surface area contributed by atoms with Crippen molar-refractivity contribution in [2.24, 2.45) is 23.7 Å². The average Bonchev–Trinajstić information content (AvgIpc) is 3.47. The Morgan fingerprint density at radius 3 is 2.11 bits per heavy atom. The van der Waals surface area contributed by atoms with E-state index < -0.39 is 58.3 Å². The van der Waals surface area contributed by atoms with Crippen LogP contribution in [-0.2, 0) is 9.59 Å². The number of imide groups is 1. The van der Waals surface area contributed by atoms with Crippen molar-refractivity contribution in [1.29, 1.82) is 0 Å². The molecule has 9 nitrogen and oxygen atoms in total. The second-order valence-electron chi connectivity index (χ2n) is 9.06. The summed E-state index contributed by atoms with van der Waals surface area (Å²) in [5, 5.41) is 13.0. The molecular weight excluding hydrogens is 605 g/mol. The number of para-hydroxylation sites is 1. The van der Waals surface area contributed by atoms with E-state index in [2.05, 4.69) is 31.9 Å². The summed E-state index contributed by atoms with van der Waals surface area (Å²) in [5.41, 5.74) is -0.842. The van der Waals surface area contributed by atoms with Crippen LogP contribution in [0.2, 0.25) is 0 Å². The van der Waals surface area contributed by atoms with Gasteiger partial charge in [0.2, 0.25) is 0 Å². The molecule has 2 aromatic rings. The van der Waals surface area contributed by atoms with E-state index in [1.807, 2.05) is 0 Å². The number of halogens is 3. The molecule has 12 heteroatoms. The summed E-state index contributed by atoms with van der Waals surface area (Å²) in [4.78, 5) is 64.6. The molecule has 0 N–H and O–H groups in total. The molecule has 1 aliphatic heterocycles. The summed E-state index contributed by atoms with van der Waals surface area (Å²) in [6.45, 7) is -0.738. The number of hydrazine groups is 1. The molecule has 5 rings (SSSR count). The number of nitrogens with zero attached hydrogens (tertiary/aromatic N) is 3. The maximum Gasteiger partial charge on any atom is 0.282 e. The van der Waals surface area contributed by atoms with Gasteiger partial charge in [-0.25, -0.2) is 9.40 Å². The Hall–Kier alpha value is -2.99. The minimum absolute atomic E-state index is 0.0411. The number of carbonyl (C=O) groups is 4. The molecule has 0 radical (unpaired) electrons. The first kappa shape index (κ1) is 24.7. The number of fused-ring (bicyclic) bond motifs is 5. The SMILES string of the molecule is O=C(CN(C(=O)c1ccccc1[N+](=O)[O-])N1C(=O)[C@@H]2[C@H]3C[C@@H]([C@H](Br)[C@H]3Br)[C@H]2C1=O)c1ccc(F)cc1. The summed E-state index contributed by atoms with van der Waals surface area (Å²) in [5.74, 6) is -5.09. The lowest BCUT2D eigenvalue weighted by Crippen LogP contribution is -2.52. The van der Waals surface area contributed by atoms with Crippen LogP contribution in [0, 0.1) is 39.6 Å². The third-order valence-electron chi connectivity index (χ3n) is 7.23. The summed E-state index contributed by atoms with van der Waals surface area (Å²) < 4.78 is 13.4. The van der Waals surface area contributed by atoms with Gasteiger partial charge in [-0.15, -0.1) is 0 Å². The number of Topliss-reactive ketones (excluding diaryl/α,β-unsaturated/α-hetero) is 1. The lowest BCUT2D eigenvalue weighted by atomic mass is 9.81. The first-order valence-corrected chi connectivity index (χ1v) is 12.9. The van der Waals surface area contributed by atoms with Crippen LogP contribution in [0.25, 0.3) is 0 Å². The molecule has 0 unspecified atom stereocenters. The molecular formula is C24H18Br2FN3O6. The normalized spacial score (nSPS) is 28.4. The maximum atomic E-state index is 13.6. The molecule has 1 saturated heterocycles. The van der Waals surface area contributed by atoms with Gasteiger partial charge in [-0.3, -0.25) is 29.3 Å². The van der Waals surface area contributed by atoms with Gasteiger partial charge in [-0.2, -0.15) is 5.01 Å². The predicted molar refractivity (Wildman–Crippen MR) is 131 cm³/mol. The zero-order chi connectivity index (χ0) is 25.9. The quantitative estimate of drug-likeness (QED) is 0.159. The summed E-state index contributed by atoms with van der Waals surface area (Å²) in [6, 6.07) is 9.70. The van der Waals surface area contributed by atoms with E-state index in [1.54, 1.807) is 0 Å². The van der Waals surface area contributed by atoms with Gasteiger partial charge in [0.15, 0.2) is 5.78 Å². The third-order valence-corrected chi connectivity index (χ3v) is 10.4. The van der Waals surface area contributed by atoms with Gasteiger partial charge in [-0.05, 0) is 48.6 Å². The molecule has 0 aromatic heterocycles. The largest absolute Gasteiger partial charge is 0.292 e. The molecule has 186 valence electrons. The fraction of sp³-hybridized carbons (Fsp3) is 0.333. The van der Waals surface area contributed by atoms with Crippen molar-refractivity contribution >= 4 is 61.1 Å². The summed E-state index contributed by atoms with van der Waals surface area (Å²) >= 11 is 7.20. The molecule has 1 heterocycles. The molecule has 3 fully saturated rings. The Morgan fingerprint density at radius 2 is 1.56 bits per heavy atom. The second kappa shape index (κ2) is 9.15. The van der Waals surface area contributed by atoms with Crippen LogP contribution in [0.3, 0.4) is 0 Å². The van der Waals surface area contributed by atoms with Gasteiger partial charge < -0.3 is 0 Å². The predicted octanol–water partition coefficient (Wildman–Crippen LogP) is 3.75. The van der Waals surface area contributed by atoms with E-state index in [0.29, 0.717) is 16.4 Å². The topological polar surface area (TPSA) is 118 Å². The van der Waals surface area contributed by atoms with Gasteiger partial charge in [0.1, 0.15) is 17.9 Å². The van der Waals surface area contributed by atoms with Crippen LogP contribution >= 0.6 is 31.9 Å². The fourth-order valence-corrected chi connectivity index (χ4v) is 7.49. The van der Waals surface area contributed by atoms with Gasteiger partial charge in [0, 0.05) is 21.3 Å². The average molecular weight is 623 g/mol. The Bertz CT molecular complexity index is 1270. The van der Waals surface area contributed by atoms with Crippen LogP contribution in [-0.4, -0.2) is 54.6 Å². The highest BCUT2D eigenvalue weighted by Crippen LogP contribution is 2.60.